The molecule has 0 aliphatic heterocycles. The summed E-state index contributed by atoms with van der Waals surface area (Å²) in [6, 6.07) is 14.0. The molecule has 1 N–H and O–H groups in total. The van der Waals surface area contributed by atoms with E-state index in [4.69, 9.17) is 16.3 Å². The van der Waals surface area contributed by atoms with E-state index in [1.165, 1.54) is 0 Å². The summed E-state index contributed by atoms with van der Waals surface area (Å²) >= 11 is 6.00. The summed E-state index contributed by atoms with van der Waals surface area (Å²) in [5, 5.41) is 3.18. The SMILES string of the molecule is CNC(=O)[C@@H](C)N(Cc1cccc(OC)c1)C(=O)Cc1cccc(Cl)c1. The van der Waals surface area contributed by atoms with Crippen molar-refractivity contribution >= 4 is 23.4 Å². The van der Waals surface area contributed by atoms with Crippen LogP contribution in [0.5, 0.6) is 5.75 Å². The standard InChI is InChI=1S/C20H23ClN2O3/c1-14(20(25)22-2)23(13-16-7-5-9-18(11-16)26-3)19(24)12-15-6-4-8-17(21)10-15/h4-11,14H,12-13H2,1-3H3,(H,22,25)/t14-/m1/s1. The maximum atomic E-state index is 12.9. The summed E-state index contributed by atoms with van der Waals surface area (Å²) < 4.78 is 5.24. The molecule has 5 nitrogen and oxygen atoms in total. The number of likely N-dealkylation sites (N-methyl/N-ethyl adjacent to an activating group) is 1. The maximum absolute atomic E-state index is 12.9. The topological polar surface area (TPSA) is 58.6 Å². The zero-order chi connectivity index (χ0) is 19.1. The first-order valence-electron chi connectivity index (χ1n) is 8.33. The zero-order valence-corrected chi connectivity index (χ0v) is 15.9. The van der Waals surface area contributed by atoms with Crippen molar-refractivity contribution in [3.63, 3.8) is 0 Å². The Morgan fingerprint density at radius 1 is 1.15 bits per heavy atom. The fourth-order valence-electron chi connectivity index (χ4n) is 2.68. The second-order valence-corrected chi connectivity index (χ2v) is 6.41. The molecule has 0 saturated carbocycles. The summed E-state index contributed by atoms with van der Waals surface area (Å²) in [4.78, 5) is 26.6. The van der Waals surface area contributed by atoms with Crippen molar-refractivity contribution < 1.29 is 14.3 Å². The quantitative estimate of drug-likeness (QED) is 0.810. The first-order chi connectivity index (χ1) is 12.4. The van der Waals surface area contributed by atoms with Gasteiger partial charge < -0.3 is 15.0 Å². The molecule has 2 aromatic carbocycles. The average Bonchev–Trinajstić information content (AvgIpc) is 2.65. The highest BCUT2D eigenvalue weighted by Gasteiger charge is 2.25. The minimum Gasteiger partial charge on any atom is -0.497 e. The average molecular weight is 375 g/mol. The molecule has 138 valence electrons. The largest absolute Gasteiger partial charge is 0.497 e. The monoisotopic (exact) mass is 374 g/mol. The van der Waals surface area contributed by atoms with E-state index < -0.39 is 6.04 Å². The molecule has 26 heavy (non-hydrogen) atoms. The molecule has 0 bridgehead atoms. The van der Waals surface area contributed by atoms with Crippen molar-refractivity contribution in [3.8, 4) is 5.75 Å². The van der Waals surface area contributed by atoms with Gasteiger partial charge in [0, 0.05) is 18.6 Å². The Labute approximate surface area is 158 Å². The number of methoxy groups -OCH3 is 1. The molecule has 6 heteroatoms. The molecular formula is C20H23ClN2O3. The molecule has 2 amide bonds. The molecule has 0 aliphatic rings. The third-order valence-corrected chi connectivity index (χ3v) is 4.38. The van der Waals surface area contributed by atoms with Crippen LogP contribution in [0, 0.1) is 0 Å². The van der Waals surface area contributed by atoms with Crippen LogP contribution in [0.3, 0.4) is 0 Å². The summed E-state index contributed by atoms with van der Waals surface area (Å²) in [7, 11) is 3.15. The van der Waals surface area contributed by atoms with Crippen LogP contribution < -0.4 is 10.1 Å². The Morgan fingerprint density at radius 3 is 2.50 bits per heavy atom. The zero-order valence-electron chi connectivity index (χ0n) is 15.2. The predicted octanol–water partition coefficient (Wildman–Crippen LogP) is 3.05. The molecule has 0 aromatic heterocycles. The lowest BCUT2D eigenvalue weighted by molar-refractivity contribution is -0.139. The lowest BCUT2D eigenvalue weighted by Gasteiger charge is -2.28. The van der Waals surface area contributed by atoms with Crippen molar-refractivity contribution in [2.24, 2.45) is 0 Å². The predicted molar refractivity (Wildman–Crippen MR) is 102 cm³/mol. The second kappa shape index (κ2) is 9.25. The molecule has 0 spiro atoms. The highest BCUT2D eigenvalue weighted by molar-refractivity contribution is 6.30. The highest BCUT2D eigenvalue weighted by atomic mass is 35.5. The Kier molecular flexibility index (Phi) is 7.04. The van der Waals surface area contributed by atoms with E-state index in [9.17, 15) is 9.59 Å². The van der Waals surface area contributed by atoms with Crippen LogP contribution in [-0.2, 0) is 22.6 Å². The first-order valence-corrected chi connectivity index (χ1v) is 8.71. The Bertz CT molecular complexity index is 779. The number of amides is 2. The van der Waals surface area contributed by atoms with E-state index >= 15 is 0 Å². The number of nitrogens with zero attached hydrogens (tertiary/aromatic N) is 1. The van der Waals surface area contributed by atoms with Gasteiger partial charge in [0.05, 0.1) is 13.5 Å². The number of carbonyl (C=O) groups is 2. The van der Waals surface area contributed by atoms with E-state index in [0.29, 0.717) is 17.3 Å². The maximum Gasteiger partial charge on any atom is 0.242 e. The van der Waals surface area contributed by atoms with Crippen molar-refractivity contribution in [2.75, 3.05) is 14.2 Å². The van der Waals surface area contributed by atoms with Crippen LogP contribution in [-0.4, -0.2) is 36.9 Å². The first kappa shape index (κ1) is 19.8. The van der Waals surface area contributed by atoms with E-state index in [0.717, 1.165) is 11.1 Å². The molecule has 2 rings (SSSR count). The third kappa shape index (κ3) is 5.23. The number of benzene rings is 2. The molecule has 0 saturated heterocycles. The van der Waals surface area contributed by atoms with Crippen LogP contribution in [0.1, 0.15) is 18.1 Å². The number of nitrogens with one attached hydrogen (secondary N) is 1. The van der Waals surface area contributed by atoms with E-state index in [-0.39, 0.29) is 18.2 Å². The molecule has 2 aromatic rings. The van der Waals surface area contributed by atoms with Gasteiger partial charge in [0.25, 0.3) is 0 Å². The van der Waals surface area contributed by atoms with E-state index in [2.05, 4.69) is 5.32 Å². The van der Waals surface area contributed by atoms with E-state index in [1.54, 1.807) is 44.2 Å². The van der Waals surface area contributed by atoms with Crippen LogP contribution >= 0.6 is 11.6 Å². The fourth-order valence-corrected chi connectivity index (χ4v) is 2.90. The van der Waals surface area contributed by atoms with Gasteiger partial charge in [-0.2, -0.15) is 0 Å². The van der Waals surface area contributed by atoms with Gasteiger partial charge in [-0.05, 0) is 42.3 Å². The second-order valence-electron chi connectivity index (χ2n) is 5.97. The molecule has 0 unspecified atom stereocenters. The van der Waals surface area contributed by atoms with Crippen LogP contribution in [0.25, 0.3) is 0 Å². The van der Waals surface area contributed by atoms with Crippen LogP contribution in [0.2, 0.25) is 5.02 Å². The smallest absolute Gasteiger partial charge is 0.242 e. The van der Waals surface area contributed by atoms with Gasteiger partial charge in [-0.1, -0.05) is 35.9 Å². The van der Waals surface area contributed by atoms with Crippen LogP contribution in [0.4, 0.5) is 0 Å². The number of rotatable bonds is 7. The highest BCUT2D eigenvalue weighted by Crippen LogP contribution is 2.18. The van der Waals surface area contributed by atoms with Gasteiger partial charge in [-0.3, -0.25) is 9.59 Å². The minimum atomic E-state index is -0.599. The van der Waals surface area contributed by atoms with Crippen molar-refractivity contribution in [1.82, 2.24) is 10.2 Å². The van der Waals surface area contributed by atoms with Gasteiger partial charge >= 0.3 is 0 Å². The molecule has 0 aliphatic carbocycles. The summed E-state index contributed by atoms with van der Waals surface area (Å²) in [5.41, 5.74) is 1.70. The molecule has 1 atom stereocenters. The number of halogens is 1. The lowest BCUT2D eigenvalue weighted by Crippen LogP contribution is -2.47. The number of ether oxygens (including phenoxy) is 1. The molecule has 0 fully saturated rings. The third-order valence-electron chi connectivity index (χ3n) is 4.15. The Morgan fingerprint density at radius 2 is 1.85 bits per heavy atom. The Balaban J connectivity index is 2.24. The number of hydrogen-bond acceptors (Lipinski definition) is 3. The van der Waals surface area contributed by atoms with Gasteiger partial charge in [-0.15, -0.1) is 0 Å². The Hall–Kier alpha value is -2.53. The molecule has 0 radical (unpaired) electrons. The fraction of sp³-hybridized carbons (Fsp3) is 0.300. The lowest BCUT2D eigenvalue weighted by atomic mass is 10.1. The van der Waals surface area contributed by atoms with E-state index in [1.807, 2.05) is 30.3 Å². The van der Waals surface area contributed by atoms with Crippen molar-refractivity contribution in [2.45, 2.75) is 25.9 Å². The minimum absolute atomic E-state index is 0.147. The van der Waals surface area contributed by atoms with Gasteiger partial charge in [0.15, 0.2) is 0 Å². The number of hydrogen-bond donors (Lipinski definition) is 1. The normalized spacial score (nSPS) is 11.5. The van der Waals surface area contributed by atoms with Gasteiger partial charge in [0.1, 0.15) is 11.8 Å². The molecule has 0 heterocycles. The summed E-state index contributed by atoms with van der Waals surface area (Å²) in [6.07, 6.45) is 0.172. The van der Waals surface area contributed by atoms with Crippen molar-refractivity contribution in [1.29, 1.82) is 0 Å². The van der Waals surface area contributed by atoms with Gasteiger partial charge in [0.2, 0.25) is 11.8 Å². The van der Waals surface area contributed by atoms with Crippen LogP contribution in [0.15, 0.2) is 48.5 Å². The summed E-state index contributed by atoms with van der Waals surface area (Å²) in [6.45, 7) is 2.03. The van der Waals surface area contributed by atoms with Crippen molar-refractivity contribution in [3.05, 3.63) is 64.7 Å². The van der Waals surface area contributed by atoms with Gasteiger partial charge in [-0.25, -0.2) is 0 Å². The number of carbonyl (C=O) groups excluding carboxylic acids is 2. The molecular weight excluding hydrogens is 352 g/mol. The summed E-state index contributed by atoms with van der Waals surface area (Å²) in [5.74, 6) is 0.343.